The zero-order chi connectivity index (χ0) is 20.5. The summed E-state index contributed by atoms with van der Waals surface area (Å²) in [6, 6.07) is 7.83. The van der Waals surface area contributed by atoms with Crippen LogP contribution in [-0.2, 0) is 4.79 Å². The van der Waals surface area contributed by atoms with Gasteiger partial charge in [-0.1, -0.05) is 23.9 Å². The van der Waals surface area contributed by atoms with Crippen LogP contribution in [-0.4, -0.2) is 74.4 Å². The third-order valence-corrected chi connectivity index (χ3v) is 6.53. The maximum absolute atomic E-state index is 13.1. The maximum atomic E-state index is 13.1. The van der Waals surface area contributed by atoms with Crippen molar-refractivity contribution >= 4 is 23.6 Å². The first-order valence-electron chi connectivity index (χ1n) is 9.84. The average molecular weight is 416 g/mol. The van der Waals surface area contributed by atoms with Gasteiger partial charge >= 0.3 is 0 Å². The normalized spacial score (nSPS) is 20.6. The molecule has 3 heterocycles. The number of ether oxygens (including phenoxy) is 1. The topological polar surface area (TPSA) is 80.6 Å². The predicted molar refractivity (Wildman–Crippen MR) is 109 cm³/mol. The van der Waals surface area contributed by atoms with E-state index < -0.39 is 0 Å². The van der Waals surface area contributed by atoms with Crippen LogP contribution >= 0.6 is 11.8 Å². The lowest BCUT2D eigenvalue weighted by molar-refractivity contribution is -0.130. The molecule has 2 aliphatic rings. The second-order valence-corrected chi connectivity index (χ2v) is 8.33. The molecule has 0 aliphatic carbocycles. The van der Waals surface area contributed by atoms with Crippen molar-refractivity contribution in [2.24, 2.45) is 0 Å². The molecule has 154 valence electrons. The van der Waals surface area contributed by atoms with Crippen molar-refractivity contribution in [2.45, 2.75) is 37.2 Å². The molecule has 0 saturated carbocycles. The number of nitrogens with zero attached hydrogens (tertiary/aromatic N) is 5. The molecule has 1 aromatic carbocycles. The van der Waals surface area contributed by atoms with Crippen molar-refractivity contribution < 1.29 is 14.3 Å². The van der Waals surface area contributed by atoms with Gasteiger partial charge in [0.15, 0.2) is 5.16 Å². The van der Waals surface area contributed by atoms with Crippen LogP contribution in [0.2, 0.25) is 0 Å². The minimum absolute atomic E-state index is 0.0431. The van der Waals surface area contributed by atoms with Gasteiger partial charge in [-0.3, -0.25) is 14.5 Å². The van der Waals surface area contributed by atoms with Gasteiger partial charge < -0.3 is 9.64 Å². The Kier molecular flexibility index (Phi) is 5.60. The highest BCUT2D eigenvalue weighted by Crippen LogP contribution is 2.41. The number of fused-ring (bicyclic) bond motifs is 1. The fourth-order valence-corrected chi connectivity index (χ4v) is 5.22. The second-order valence-electron chi connectivity index (χ2n) is 7.22. The van der Waals surface area contributed by atoms with E-state index in [1.165, 1.54) is 16.4 Å². The molecule has 4 rings (SSSR count). The van der Waals surface area contributed by atoms with Crippen LogP contribution in [0.3, 0.4) is 0 Å². The van der Waals surface area contributed by atoms with E-state index in [9.17, 15) is 9.59 Å². The number of benzene rings is 1. The molecule has 0 bridgehead atoms. The number of thioether (sulfide) groups is 1. The van der Waals surface area contributed by atoms with Gasteiger partial charge in [-0.15, -0.1) is 5.10 Å². The quantitative estimate of drug-likeness (QED) is 0.739. The number of aromatic nitrogens is 3. The monoisotopic (exact) mass is 415 g/mol. The highest BCUT2D eigenvalue weighted by atomic mass is 32.2. The first-order chi connectivity index (χ1) is 14.0. The Labute approximate surface area is 174 Å². The summed E-state index contributed by atoms with van der Waals surface area (Å²) in [4.78, 5) is 33.4. The first kappa shape index (κ1) is 19.9. The summed E-state index contributed by atoms with van der Waals surface area (Å²) in [5.74, 6) is 1.46. The molecule has 8 nitrogen and oxygen atoms in total. The van der Waals surface area contributed by atoms with Gasteiger partial charge in [0.25, 0.3) is 5.91 Å². The van der Waals surface area contributed by atoms with E-state index in [0.717, 1.165) is 24.4 Å². The van der Waals surface area contributed by atoms with Crippen LogP contribution < -0.4 is 4.74 Å². The van der Waals surface area contributed by atoms with Crippen molar-refractivity contribution in [3.63, 3.8) is 0 Å². The Bertz CT molecular complexity index is 905. The van der Waals surface area contributed by atoms with Gasteiger partial charge in [0.1, 0.15) is 16.8 Å². The van der Waals surface area contributed by atoms with Crippen LogP contribution in [0, 0.1) is 6.92 Å². The summed E-state index contributed by atoms with van der Waals surface area (Å²) >= 11 is 1.47. The maximum Gasteiger partial charge on any atom is 0.264 e. The van der Waals surface area contributed by atoms with Crippen molar-refractivity contribution in [2.75, 3.05) is 32.8 Å². The predicted octanol–water partition coefficient (Wildman–Crippen LogP) is 2.01. The average Bonchev–Trinajstić information content (AvgIpc) is 3.21. The Morgan fingerprint density at radius 3 is 2.52 bits per heavy atom. The molecular formula is C20H25N5O3S. The van der Waals surface area contributed by atoms with Crippen LogP contribution in [0.1, 0.15) is 36.1 Å². The first-order valence-corrected chi connectivity index (χ1v) is 10.7. The molecule has 2 aromatic rings. The minimum atomic E-state index is -0.326. The zero-order valence-electron chi connectivity index (χ0n) is 16.9. The van der Waals surface area contributed by atoms with Crippen molar-refractivity contribution in [3.8, 4) is 5.75 Å². The van der Waals surface area contributed by atoms with E-state index in [1.807, 2.05) is 36.1 Å². The number of aryl methyl sites for hydroxylation is 1. The molecule has 2 unspecified atom stereocenters. The van der Waals surface area contributed by atoms with Crippen LogP contribution in [0.4, 0.5) is 0 Å². The lowest BCUT2D eigenvalue weighted by Crippen LogP contribution is -2.51. The van der Waals surface area contributed by atoms with Crippen molar-refractivity contribution in [3.05, 3.63) is 35.7 Å². The van der Waals surface area contributed by atoms with Crippen LogP contribution in [0.15, 0.2) is 29.4 Å². The smallest absolute Gasteiger partial charge is 0.264 e. The van der Waals surface area contributed by atoms with Gasteiger partial charge in [-0.25, -0.2) is 4.98 Å². The summed E-state index contributed by atoms with van der Waals surface area (Å²) in [6.07, 6.45) is 0. The van der Waals surface area contributed by atoms with E-state index in [-0.39, 0.29) is 23.1 Å². The number of amides is 1. The van der Waals surface area contributed by atoms with E-state index in [4.69, 9.17) is 4.74 Å². The Morgan fingerprint density at radius 2 is 1.93 bits per heavy atom. The molecule has 29 heavy (non-hydrogen) atoms. The Morgan fingerprint density at radius 1 is 1.24 bits per heavy atom. The molecular weight excluding hydrogens is 390 g/mol. The molecule has 1 saturated heterocycles. The SMILES string of the molecule is CCOc1ccc(C(C2Sc3nc(C)nn3C2=O)N2CCN(C(C)=O)CC2)cc1. The van der Waals surface area contributed by atoms with Crippen molar-refractivity contribution in [1.29, 1.82) is 0 Å². The van der Waals surface area contributed by atoms with E-state index in [1.54, 1.807) is 13.8 Å². The molecule has 9 heteroatoms. The summed E-state index contributed by atoms with van der Waals surface area (Å²) in [7, 11) is 0. The lowest BCUT2D eigenvalue weighted by atomic mass is 9.99. The largest absolute Gasteiger partial charge is 0.494 e. The minimum Gasteiger partial charge on any atom is -0.494 e. The molecule has 1 aromatic heterocycles. The second kappa shape index (κ2) is 8.16. The number of piperazine rings is 1. The number of rotatable bonds is 5. The Balaban J connectivity index is 1.62. The fourth-order valence-electron chi connectivity index (χ4n) is 3.92. The molecule has 0 radical (unpaired) electrons. The van der Waals surface area contributed by atoms with Gasteiger partial charge in [-0.2, -0.15) is 4.68 Å². The Hall–Kier alpha value is -2.39. The molecule has 1 fully saturated rings. The number of carbonyl (C=O) groups is 2. The van der Waals surface area contributed by atoms with Gasteiger partial charge in [0.2, 0.25) is 5.91 Å². The summed E-state index contributed by atoms with van der Waals surface area (Å²) in [5, 5.41) is 4.58. The fraction of sp³-hybridized carbons (Fsp3) is 0.500. The number of hydrogen-bond acceptors (Lipinski definition) is 7. The third-order valence-electron chi connectivity index (χ3n) is 5.34. The van der Waals surface area contributed by atoms with Gasteiger partial charge in [-0.05, 0) is 31.5 Å². The third kappa shape index (κ3) is 3.89. The number of hydrogen-bond donors (Lipinski definition) is 0. The molecule has 0 spiro atoms. The van der Waals surface area contributed by atoms with Gasteiger partial charge in [0, 0.05) is 33.1 Å². The standard InChI is InChI=1S/C20H25N5O3S/c1-4-28-16-7-5-15(6-8-16)17(24-11-9-23(10-12-24)14(3)26)18-19(27)25-20(29-18)21-13(2)22-25/h5-8,17-18H,4,9-12H2,1-3H3. The zero-order valence-corrected chi connectivity index (χ0v) is 17.7. The molecule has 2 atom stereocenters. The highest BCUT2D eigenvalue weighted by molar-refractivity contribution is 8.00. The summed E-state index contributed by atoms with van der Waals surface area (Å²) < 4.78 is 7.00. The summed E-state index contributed by atoms with van der Waals surface area (Å²) in [6.45, 7) is 8.72. The highest BCUT2D eigenvalue weighted by Gasteiger charge is 2.43. The van der Waals surface area contributed by atoms with E-state index in [2.05, 4.69) is 15.0 Å². The molecule has 0 N–H and O–H groups in total. The van der Waals surface area contributed by atoms with Crippen LogP contribution in [0.25, 0.3) is 0 Å². The van der Waals surface area contributed by atoms with Crippen molar-refractivity contribution in [1.82, 2.24) is 24.6 Å². The van der Waals surface area contributed by atoms with Crippen LogP contribution in [0.5, 0.6) is 5.75 Å². The van der Waals surface area contributed by atoms with E-state index >= 15 is 0 Å². The van der Waals surface area contributed by atoms with Gasteiger partial charge in [0.05, 0.1) is 12.6 Å². The molecule has 2 aliphatic heterocycles. The lowest BCUT2D eigenvalue weighted by Gasteiger charge is -2.40. The number of carbonyl (C=O) groups excluding carboxylic acids is 2. The van der Waals surface area contributed by atoms with E-state index in [0.29, 0.717) is 30.7 Å². The molecule has 1 amide bonds. The summed E-state index contributed by atoms with van der Waals surface area (Å²) in [5.41, 5.74) is 1.05.